The Morgan fingerprint density at radius 2 is 2.15 bits per heavy atom. The van der Waals surface area contributed by atoms with Crippen molar-refractivity contribution in [3.8, 4) is 11.8 Å². The molecule has 0 unspecified atom stereocenters. The van der Waals surface area contributed by atoms with Crippen LogP contribution in [0.5, 0.6) is 0 Å². The number of rotatable bonds is 2. The molecule has 1 heterocycles. The second-order valence-corrected chi connectivity index (χ2v) is 4.24. The van der Waals surface area contributed by atoms with Crippen molar-refractivity contribution >= 4 is 0 Å². The Morgan fingerprint density at radius 1 is 1.35 bits per heavy atom. The molecule has 2 rings (SSSR count). The Balaban J connectivity index is 2.30. The fraction of sp³-hybridized carbons (Fsp3) is 0.200. The summed E-state index contributed by atoms with van der Waals surface area (Å²) in [6.45, 7) is 1.56. The lowest BCUT2D eigenvalue weighted by molar-refractivity contribution is 0.350. The molecule has 0 spiro atoms. The minimum Gasteiger partial charge on any atom is -0.384 e. The smallest absolute Gasteiger partial charge is 0.267 e. The van der Waals surface area contributed by atoms with Crippen molar-refractivity contribution in [2.45, 2.75) is 13.5 Å². The lowest BCUT2D eigenvalue weighted by Crippen LogP contribution is -2.23. The maximum absolute atomic E-state index is 13.9. The maximum Gasteiger partial charge on any atom is 0.267 e. The maximum atomic E-state index is 13.9. The highest BCUT2D eigenvalue weighted by molar-refractivity contribution is 5.37. The molecule has 20 heavy (non-hydrogen) atoms. The SMILES string of the molecule is Cc1ccc(=O)n(Cc2ccc(C#CCO)cc2F)n1. The Labute approximate surface area is 115 Å². The van der Waals surface area contributed by atoms with Gasteiger partial charge >= 0.3 is 0 Å². The summed E-state index contributed by atoms with van der Waals surface area (Å²) >= 11 is 0. The van der Waals surface area contributed by atoms with E-state index in [4.69, 9.17) is 5.11 Å². The van der Waals surface area contributed by atoms with E-state index in [1.807, 2.05) is 0 Å². The van der Waals surface area contributed by atoms with Crippen molar-refractivity contribution < 1.29 is 9.50 Å². The molecule has 0 saturated carbocycles. The van der Waals surface area contributed by atoms with Crippen LogP contribution in [0, 0.1) is 24.6 Å². The van der Waals surface area contributed by atoms with Crippen LogP contribution in [-0.2, 0) is 6.54 Å². The fourth-order valence-electron chi connectivity index (χ4n) is 1.72. The standard InChI is InChI=1S/C15H13FN2O2/c1-11-4-7-15(20)18(17-11)10-13-6-5-12(3-2-8-19)9-14(13)16/h4-7,9,19H,8,10H2,1H3. The molecule has 102 valence electrons. The highest BCUT2D eigenvalue weighted by atomic mass is 19.1. The second-order valence-electron chi connectivity index (χ2n) is 4.24. The van der Waals surface area contributed by atoms with E-state index >= 15 is 0 Å². The number of halogens is 1. The summed E-state index contributed by atoms with van der Waals surface area (Å²) < 4.78 is 15.1. The average molecular weight is 272 g/mol. The molecule has 4 nitrogen and oxygen atoms in total. The lowest BCUT2D eigenvalue weighted by Gasteiger charge is -2.06. The largest absolute Gasteiger partial charge is 0.384 e. The topological polar surface area (TPSA) is 55.1 Å². The third-order valence-corrected chi connectivity index (χ3v) is 2.68. The number of benzene rings is 1. The van der Waals surface area contributed by atoms with Crippen LogP contribution in [-0.4, -0.2) is 21.5 Å². The minimum absolute atomic E-state index is 0.0695. The fourth-order valence-corrected chi connectivity index (χ4v) is 1.72. The first-order valence-electron chi connectivity index (χ1n) is 6.03. The molecule has 0 radical (unpaired) electrons. The van der Waals surface area contributed by atoms with Gasteiger partial charge < -0.3 is 5.11 Å². The van der Waals surface area contributed by atoms with Crippen molar-refractivity contribution in [2.75, 3.05) is 6.61 Å². The number of aryl methyl sites for hydroxylation is 1. The van der Waals surface area contributed by atoms with Gasteiger partial charge in [0.2, 0.25) is 0 Å². The van der Waals surface area contributed by atoms with E-state index in [0.29, 0.717) is 16.8 Å². The van der Waals surface area contributed by atoms with Gasteiger partial charge in [-0.15, -0.1) is 0 Å². The third kappa shape index (κ3) is 3.31. The van der Waals surface area contributed by atoms with Gasteiger partial charge in [0.15, 0.2) is 0 Å². The molecular weight excluding hydrogens is 259 g/mol. The monoisotopic (exact) mass is 272 g/mol. The minimum atomic E-state index is -0.454. The Hall–Kier alpha value is -2.45. The van der Waals surface area contributed by atoms with Gasteiger partial charge in [0.1, 0.15) is 12.4 Å². The van der Waals surface area contributed by atoms with E-state index in [9.17, 15) is 9.18 Å². The van der Waals surface area contributed by atoms with E-state index in [1.165, 1.54) is 16.8 Å². The number of aromatic nitrogens is 2. The Kier molecular flexibility index (Phi) is 4.28. The summed E-state index contributed by atoms with van der Waals surface area (Å²) in [5.74, 6) is 4.62. The molecule has 1 aromatic carbocycles. The zero-order chi connectivity index (χ0) is 14.5. The Bertz CT molecular complexity index is 742. The van der Waals surface area contributed by atoms with Crippen molar-refractivity contribution in [2.24, 2.45) is 0 Å². The van der Waals surface area contributed by atoms with Crippen LogP contribution < -0.4 is 5.56 Å². The van der Waals surface area contributed by atoms with Crippen LogP contribution in [0.15, 0.2) is 35.1 Å². The van der Waals surface area contributed by atoms with Gasteiger partial charge in [-0.05, 0) is 25.1 Å². The molecule has 2 aromatic rings. The van der Waals surface area contributed by atoms with E-state index in [0.717, 1.165) is 0 Å². The number of aliphatic hydroxyl groups excluding tert-OH is 1. The predicted molar refractivity (Wildman–Crippen MR) is 72.7 cm³/mol. The van der Waals surface area contributed by atoms with Crippen molar-refractivity contribution in [3.05, 3.63) is 63.3 Å². The zero-order valence-corrected chi connectivity index (χ0v) is 10.9. The highest BCUT2D eigenvalue weighted by Gasteiger charge is 2.06. The summed E-state index contributed by atoms with van der Waals surface area (Å²) in [6, 6.07) is 7.50. The average Bonchev–Trinajstić information content (AvgIpc) is 2.43. The van der Waals surface area contributed by atoms with Crippen LogP contribution in [0.2, 0.25) is 0 Å². The van der Waals surface area contributed by atoms with Crippen molar-refractivity contribution in [1.29, 1.82) is 0 Å². The summed E-state index contributed by atoms with van der Waals surface area (Å²) in [6.07, 6.45) is 0. The summed E-state index contributed by atoms with van der Waals surface area (Å²) in [5.41, 5.74) is 1.25. The highest BCUT2D eigenvalue weighted by Crippen LogP contribution is 2.10. The molecule has 1 N–H and O–H groups in total. The van der Waals surface area contributed by atoms with Crippen LogP contribution >= 0.6 is 0 Å². The third-order valence-electron chi connectivity index (χ3n) is 2.68. The summed E-state index contributed by atoms with van der Waals surface area (Å²) in [5, 5.41) is 12.6. The molecule has 5 heteroatoms. The van der Waals surface area contributed by atoms with Gasteiger partial charge in [-0.2, -0.15) is 5.10 Å². The van der Waals surface area contributed by atoms with Crippen molar-refractivity contribution in [3.63, 3.8) is 0 Å². The molecule has 0 aliphatic carbocycles. The normalized spacial score (nSPS) is 9.95. The lowest BCUT2D eigenvalue weighted by atomic mass is 10.1. The van der Waals surface area contributed by atoms with Gasteiger partial charge in [-0.1, -0.05) is 17.9 Å². The first-order chi connectivity index (χ1) is 9.60. The second kappa shape index (κ2) is 6.13. The Morgan fingerprint density at radius 3 is 2.85 bits per heavy atom. The van der Waals surface area contributed by atoms with Gasteiger partial charge in [0, 0.05) is 17.2 Å². The first-order valence-corrected chi connectivity index (χ1v) is 6.03. The molecule has 0 fully saturated rings. The first kappa shape index (κ1) is 14.0. The van der Waals surface area contributed by atoms with Crippen LogP contribution in [0.25, 0.3) is 0 Å². The van der Waals surface area contributed by atoms with E-state index in [2.05, 4.69) is 16.9 Å². The molecule has 1 aromatic heterocycles. The van der Waals surface area contributed by atoms with Gasteiger partial charge in [-0.25, -0.2) is 9.07 Å². The van der Waals surface area contributed by atoms with Crippen LogP contribution in [0.1, 0.15) is 16.8 Å². The number of nitrogens with zero attached hydrogens (tertiary/aromatic N) is 2. The molecule has 0 amide bonds. The van der Waals surface area contributed by atoms with Crippen molar-refractivity contribution in [1.82, 2.24) is 9.78 Å². The molecule has 0 saturated heterocycles. The predicted octanol–water partition coefficient (Wildman–Crippen LogP) is 1.08. The van der Waals surface area contributed by atoms with Crippen LogP contribution in [0.4, 0.5) is 4.39 Å². The van der Waals surface area contributed by atoms with E-state index in [1.54, 1.807) is 25.1 Å². The molecule has 0 atom stereocenters. The molecule has 0 aliphatic heterocycles. The number of hydrogen-bond acceptors (Lipinski definition) is 3. The molecular formula is C15H13FN2O2. The van der Waals surface area contributed by atoms with Gasteiger partial charge in [0.05, 0.1) is 12.2 Å². The summed E-state index contributed by atoms with van der Waals surface area (Å²) in [4.78, 5) is 11.6. The van der Waals surface area contributed by atoms with Gasteiger partial charge in [-0.3, -0.25) is 4.79 Å². The van der Waals surface area contributed by atoms with E-state index < -0.39 is 5.82 Å². The van der Waals surface area contributed by atoms with Gasteiger partial charge in [0.25, 0.3) is 5.56 Å². The quantitative estimate of drug-likeness (QED) is 0.832. The molecule has 0 bridgehead atoms. The zero-order valence-electron chi connectivity index (χ0n) is 10.9. The van der Waals surface area contributed by atoms with Crippen LogP contribution in [0.3, 0.4) is 0 Å². The number of hydrogen-bond donors (Lipinski definition) is 1. The van der Waals surface area contributed by atoms with E-state index in [-0.39, 0.29) is 18.7 Å². The summed E-state index contributed by atoms with van der Waals surface area (Å²) in [7, 11) is 0. The molecule has 0 aliphatic rings. The number of aliphatic hydroxyl groups is 1.